The van der Waals surface area contributed by atoms with E-state index in [2.05, 4.69) is 10.6 Å². The van der Waals surface area contributed by atoms with Crippen molar-refractivity contribution in [2.75, 3.05) is 27.3 Å². The molecular formula is C21H20N2O6. The molecule has 2 N–H and O–H groups in total. The van der Waals surface area contributed by atoms with E-state index in [0.717, 1.165) is 0 Å². The van der Waals surface area contributed by atoms with Crippen molar-refractivity contribution in [1.29, 1.82) is 0 Å². The van der Waals surface area contributed by atoms with E-state index in [1.807, 2.05) is 0 Å². The van der Waals surface area contributed by atoms with Crippen molar-refractivity contribution in [3.8, 4) is 22.6 Å². The summed E-state index contributed by atoms with van der Waals surface area (Å²) in [5.41, 5.74) is 1.23. The van der Waals surface area contributed by atoms with Gasteiger partial charge in [-0.25, -0.2) is 0 Å². The molecule has 0 fully saturated rings. The molecule has 0 saturated heterocycles. The van der Waals surface area contributed by atoms with Crippen LogP contribution in [0.2, 0.25) is 0 Å². The third-order valence-electron chi connectivity index (χ3n) is 4.21. The van der Waals surface area contributed by atoms with E-state index >= 15 is 0 Å². The quantitative estimate of drug-likeness (QED) is 0.630. The molecule has 0 radical (unpaired) electrons. The van der Waals surface area contributed by atoms with Crippen LogP contribution >= 0.6 is 0 Å². The van der Waals surface area contributed by atoms with E-state index in [0.29, 0.717) is 33.6 Å². The fourth-order valence-corrected chi connectivity index (χ4v) is 2.57. The van der Waals surface area contributed by atoms with Crippen LogP contribution in [0, 0.1) is 0 Å². The molecule has 0 bridgehead atoms. The lowest BCUT2D eigenvalue weighted by Gasteiger charge is -2.08. The summed E-state index contributed by atoms with van der Waals surface area (Å²) in [7, 11) is 3.05. The molecule has 3 rings (SSSR count). The topological polar surface area (TPSA) is 107 Å². The van der Waals surface area contributed by atoms with Crippen LogP contribution in [0.1, 0.15) is 0 Å². The van der Waals surface area contributed by atoms with Gasteiger partial charge >= 0.3 is 0 Å². The second kappa shape index (κ2) is 8.92. The molecule has 8 nitrogen and oxygen atoms in total. The maximum atomic E-state index is 12.8. The van der Waals surface area contributed by atoms with Crippen molar-refractivity contribution in [3.63, 3.8) is 0 Å². The summed E-state index contributed by atoms with van der Waals surface area (Å²) in [5, 5.41) is 5.33. The van der Waals surface area contributed by atoms with Gasteiger partial charge in [-0.15, -0.1) is 0 Å². The van der Waals surface area contributed by atoms with Crippen molar-refractivity contribution in [2.24, 2.45) is 0 Å². The third kappa shape index (κ3) is 4.73. The number of carbonyl (C=O) groups excluding carboxylic acids is 2. The maximum absolute atomic E-state index is 12.8. The van der Waals surface area contributed by atoms with E-state index in [-0.39, 0.29) is 30.5 Å². The Bertz CT molecular complexity index is 1090. The first-order chi connectivity index (χ1) is 14.0. The molecule has 2 aromatic carbocycles. The first-order valence-corrected chi connectivity index (χ1v) is 8.84. The van der Waals surface area contributed by atoms with E-state index < -0.39 is 0 Å². The fourth-order valence-electron chi connectivity index (χ4n) is 2.57. The number of fused-ring (bicyclic) bond motifs is 1. The zero-order valence-electron chi connectivity index (χ0n) is 16.0. The van der Waals surface area contributed by atoms with Crippen LogP contribution in [-0.2, 0) is 9.59 Å². The zero-order chi connectivity index (χ0) is 20.8. The van der Waals surface area contributed by atoms with Gasteiger partial charge in [-0.05, 0) is 29.8 Å². The molecule has 0 aliphatic carbocycles. The summed E-state index contributed by atoms with van der Waals surface area (Å²) < 4.78 is 16.3. The van der Waals surface area contributed by atoms with Gasteiger partial charge in [-0.2, -0.15) is 0 Å². The lowest BCUT2D eigenvalue weighted by atomic mass is 10.1. The highest BCUT2D eigenvalue weighted by Crippen LogP contribution is 2.24. The van der Waals surface area contributed by atoms with Crippen LogP contribution in [0.25, 0.3) is 22.1 Å². The summed E-state index contributed by atoms with van der Waals surface area (Å²) in [6.45, 7) is -0.211. The lowest BCUT2D eigenvalue weighted by molar-refractivity contribution is -0.123. The number of rotatable bonds is 7. The summed E-state index contributed by atoms with van der Waals surface area (Å²) in [5.74, 6) is 0.447. The molecule has 150 valence electrons. The molecule has 0 atom stereocenters. The third-order valence-corrected chi connectivity index (χ3v) is 4.21. The number of nitrogens with one attached hydrogen (secondary N) is 2. The summed E-state index contributed by atoms with van der Waals surface area (Å²) in [4.78, 5) is 35.4. The minimum atomic E-state index is -0.260. The van der Waals surface area contributed by atoms with E-state index in [4.69, 9.17) is 13.9 Å². The molecule has 1 heterocycles. The van der Waals surface area contributed by atoms with Crippen LogP contribution in [0.3, 0.4) is 0 Å². The Morgan fingerprint density at radius 3 is 2.10 bits per heavy atom. The number of benzene rings is 2. The van der Waals surface area contributed by atoms with Crippen LogP contribution in [0.4, 0.5) is 0 Å². The van der Waals surface area contributed by atoms with Crippen LogP contribution < -0.4 is 25.5 Å². The van der Waals surface area contributed by atoms with Crippen molar-refractivity contribution in [1.82, 2.24) is 10.6 Å². The lowest BCUT2D eigenvalue weighted by Crippen LogP contribution is -2.24. The van der Waals surface area contributed by atoms with Crippen molar-refractivity contribution in [3.05, 3.63) is 59.0 Å². The van der Waals surface area contributed by atoms with Gasteiger partial charge in [0.1, 0.15) is 23.3 Å². The molecule has 0 spiro atoms. The molecule has 0 aliphatic heterocycles. The minimum absolute atomic E-state index is 0.0850. The van der Waals surface area contributed by atoms with Gasteiger partial charge < -0.3 is 24.5 Å². The van der Waals surface area contributed by atoms with Crippen LogP contribution in [0.5, 0.6) is 11.5 Å². The number of carbonyl (C=O) groups is 2. The molecule has 8 heteroatoms. The van der Waals surface area contributed by atoms with E-state index in [1.165, 1.54) is 20.4 Å². The molecular weight excluding hydrogens is 376 g/mol. The monoisotopic (exact) mass is 396 g/mol. The highest BCUT2D eigenvalue weighted by molar-refractivity contribution is 5.83. The number of hydrogen-bond donors (Lipinski definition) is 2. The van der Waals surface area contributed by atoms with Gasteiger partial charge in [0.2, 0.25) is 0 Å². The number of amides is 2. The Balaban J connectivity index is 1.81. The van der Waals surface area contributed by atoms with Gasteiger partial charge in [-0.3, -0.25) is 14.4 Å². The zero-order valence-corrected chi connectivity index (χ0v) is 16.0. The molecule has 2 amide bonds. The van der Waals surface area contributed by atoms with Gasteiger partial charge in [0.25, 0.3) is 11.8 Å². The normalized spacial score (nSPS) is 10.4. The second-order valence-corrected chi connectivity index (χ2v) is 6.08. The Labute approximate surface area is 166 Å². The maximum Gasteiger partial charge on any atom is 0.257 e. The summed E-state index contributed by atoms with van der Waals surface area (Å²) in [6, 6.07) is 11.6. The SMILES string of the molecule is CNC(=O)COc1ccc(-c2coc3cc(OCC(=O)NC)ccc3c2=O)cc1. The largest absolute Gasteiger partial charge is 0.484 e. The smallest absolute Gasteiger partial charge is 0.257 e. The Morgan fingerprint density at radius 2 is 1.48 bits per heavy atom. The first-order valence-electron chi connectivity index (χ1n) is 8.84. The minimum Gasteiger partial charge on any atom is -0.484 e. The Hall–Kier alpha value is -3.81. The predicted octanol–water partition coefficient (Wildman–Crippen LogP) is 1.71. The van der Waals surface area contributed by atoms with Crippen molar-refractivity contribution in [2.45, 2.75) is 0 Å². The van der Waals surface area contributed by atoms with Crippen molar-refractivity contribution >= 4 is 22.8 Å². The molecule has 3 aromatic rings. The number of hydrogen-bond acceptors (Lipinski definition) is 6. The highest BCUT2D eigenvalue weighted by Gasteiger charge is 2.11. The van der Waals surface area contributed by atoms with E-state index in [1.54, 1.807) is 42.5 Å². The van der Waals surface area contributed by atoms with E-state index in [9.17, 15) is 14.4 Å². The predicted molar refractivity (Wildman–Crippen MR) is 107 cm³/mol. The average molecular weight is 396 g/mol. The van der Waals surface area contributed by atoms with Gasteiger partial charge in [0.15, 0.2) is 18.6 Å². The molecule has 29 heavy (non-hydrogen) atoms. The van der Waals surface area contributed by atoms with Gasteiger partial charge in [0.05, 0.1) is 10.9 Å². The standard InChI is InChI=1S/C21H20N2O6/c1-22-19(24)11-27-14-5-3-13(4-6-14)17-10-29-18-9-15(28-12-20(25)23-2)7-8-16(18)21(17)26/h3-10H,11-12H2,1-2H3,(H,22,24)(H,23,25). The fraction of sp³-hybridized carbons (Fsp3) is 0.190. The number of ether oxygens (including phenoxy) is 2. The second-order valence-electron chi connectivity index (χ2n) is 6.08. The Kier molecular flexibility index (Phi) is 6.13. The van der Waals surface area contributed by atoms with Crippen molar-refractivity contribution < 1.29 is 23.5 Å². The summed E-state index contributed by atoms with van der Waals surface area (Å²) >= 11 is 0. The molecule has 0 unspecified atom stereocenters. The highest BCUT2D eigenvalue weighted by atomic mass is 16.5. The van der Waals surface area contributed by atoms with Crippen LogP contribution in [-0.4, -0.2) is 39.1 Å². The van der Waals surface area contributed by atoms with Crippen LogP contribution in [0.15, 0.2) is 57.9 Å². The molecule has 0 saturated carbocycles. The Morgan fingerprint density at radius 1 is 0.897 bits per heavy atom. The average Bonchev–Trinajstić information content (AvgIpc) is 2.76. The number of likely N-dealkylation sites (N-methyl/N-ethyl adjacent to an activating group) is 2. The van der Waals surface area contributed by atoms with Gasteiger partial charge in [0, 0.05) is 20.2 Å². The summed E-state index contributed by atoms with van der Waals surface area (Å²) in [6.07, 6.45) is 1.38. The molecule has 1 aromatic heterocycles. The molecule has 0 aliphatic rings. The first kappa shape index (κ1) is 19.9. The van der Waals surface area contributed by atoms with Gasteiger partial charge in [-0.1, -0.05) is 12.1 Å².